The van der Waals surface area contributed by atoms with Crippen molar-refractivity contribution < 1.29 is 175 Å². The van der Waals surface area contributed by atoms with Crippen LogP contribution in [0.25, 0.3) is 0 Å². The molecule has 0 atom stereocenters. The largest absolute Gasteiger partial charge is 1.00 e. The third kappa shape index (κ3) is 10.4. The van der Waals surface area contributed by atoms with Crippen LogP contribution in [0.2, 0.25) is 0 Å². The van der Waals surface area contributed by atoms with Crippen LogP contribution < -0.4 is 118 Å². The van der Waals surface area contributed by atoms with Crippen molar-refractivity contribution >= 4 is 32.0 Å². The molecule has 21 heteroatoms. The molecule has 10 nitrogen and oxygen atoms in total. The van der Waals surface area contributed by atoms with Crippen molar-refractivity contribution in [3.05, 3.63) is 60.6 Å². The van der Waals surface area contributed by atoms with Gasteiger partial charge in [0.2, 0.25) is 9.84 Å². The molecular weight excluding hydrogens is 641 g/mol. The Morgan fingerprint density at radius 3 is 1.68 bits per heavy atom. The molecule has 0 N–H and O–H groups in total. The van der Waals surface area contributed by atoms with Crippen LogP contribution in [0.1, 0.15) is 0 Å². The van der Waals surface area contributed by atoms with Gasteiger partial charge in [0.1, 0.15) is 21.6 Å². The van der Waals surface area contributed by atoms with Crippen molar-refractivity contribution in [2.45, 2.75) is 19.6 Å². The summed E-state index contributed by atoms with van der Waals surface area (Å²) in [5, 5.41) is 13.1. The second kappa shape index (κ2) is 16.0. The average Bonchev–Trinajstić information content (AvgIpc) is 2.77. The Morgan fingerprint density at radius 2 is 1.22 bits per heavy atom. The Morgan fingerprint density at radius 1 is 0.757 bits per heavy atom. The van der Waals surface area contributed by atoms with Crippen LogP contribution >= 0.6 is 12.0 Å². The smallest absolute Gasteiger partial charge is 0.744 e. The molecule has 0 aliphatic carbocycles. The van der Waals surface area contributed by atoms with Crippen LogP contribution in [-0.2, 0) is 29.3 Å². The number of ether oxygens (including phenoxy) is 2. The van der Waals surface area contributed by atoms with Crippen molar-refractivity contribution in [3.63, 3.8) is 0 Å². The van der Waals surface area contributed by atoms with Gasteiger partial charge in [-0.15, -0.1) is 0 Å². The zero-order chi connectivity index (χ0) is 26.6. The summed E-state index contributed by atoms with van der Waals surface area (Å²) in [6.45, 7) is 0. The molecule has 0 unspecified atom stereocenters. The first-order valence-electron chi connectivity index (χ1n) is 8.08. The Hall–Kier alpha value is 0.463. The first-order valence-corrected chi connectivity index (χ1v) is 11.7. The Labute approximate surface area is 293 Å². The van der Waals surface area contributed by atoms with Gasteiger partial charge >= 0.3 is 127 Å². The summed E-state index contributed by atoms with van der Waals surface area (Å²) >= 11 is -0.0964. The van der Waals surface area contributed by atoms with Gasteiger partial charge < -0.3 is 19.3 Å². The molecule has 0 aromatic heterocycles. The van der Waals surface area contributed by atoms with E-state index in [-0.39, 0.29) is 121 Å². The van der Waals surface area contributed by atoms with E-state index < -0.39 is 75.2 Å². The number of rotatable bonds is 10. The summed E-state index contributed by atoms with van der Waals surface area (Å²) in [5.41, 5.74) is 0. The van der Waals surface area contributed by atoms with E-state index in [0.717, 1.165) is 0 Å². The monoisotopic (exact) mass is 646 g/mol. The molecule has 0 aliphatic rings. The van der Waals surface area contributed by atoms with Gasteiger partial charge in [-0.3, -0.25) is 5.04 Å². The fraction of sp³-hybridized carbons (Fsp3) is 0. The predicted molar refractivity (Wildman–Crippen MR) is 96.3 cm³/mol. The van der Waals surface area contributed by atoms with Gasteiger partial charge in [-0.25, -0.2) is 16.8 Å². The van der Waals surface area contributed by atoms with Gasteiger partial charge in [0.25, 0.3) is 0 Å². The molecule has 0 aliphatic heterocycles. The maximum Gasteiger partial charge on any atom is 1.00 e. The normalized spacial score (nSPS) is 11.0. The second-order valence-corrected chi connectivity index (χ2v) is 9.71. The summed E-state index contributed by atoms with van der Waals surface area (Å²) in [4.78, 5) is -3.88. The van der Waals surface area contributed by atoms with Crippen LogP contribution in [0, 0.1) is 0 Å². The Balaban J connectivity index is 0.00000648. The third-order valence-electron chi connectivity index (χ3n) is 3.57. The van der Waals surface area contributed by atoms with Gasteiger partial charge in [0, 0.05) is 0 Å². The fourth-order valence-electron chi connectivity index (χ4n) is 2.20. The van der Waals surface area contributed by atoms with Crippen LogP contribution in [0.3, 0.4) is 0 Å². The van der Waals surface area contributed by atoms with E-state index in [9.17, 15) is 53.0 Å². The number of sulfone groups is 1. The minimum atomic E-state index is -5.61. The number of benzene rings is 2. The minimum Gasteiger partial charge on any atom is -0.744 e. The van der Waals surface area contributed by atoms with Gasteiger partial charge in [0.05, 0.1) is 31.6 Å². The molecule has 0 heterocycles. The van der Waals surface area contributed by atoms with Crippen molar-refractivity contribution in [2.75, 3.05) is 0 Å². The molecular formula is C16H6F6K2O10S3. The first kappa shape index (κ1) is 37.5. The maximum absolute atomic E-state index is 13.1. The predicted octanol–water partition coefficient (Wildman–Crippen LogP) is -2.51. The second-order valence-electron chi connectivity index (χ2n) is 5.67. The summed E-state index contributed by atoms with van der Waals surface area (Å²) in [5.74, 6) is -2.04. The van der Waals surface area contributed by atoms with Crippen LogP contribution in [0.15, 0.2) is 80.2 Å². The quantitative estimate of drug-likeness (QED) is 0.0512. The van der Waals surface area contributed by atoms with Crippen molar-refractivity contribution in [1.82, 2.24) is 0 Å². The number of halogens is 6. The molecule has 192 valence electrons. The molecule has 0 fully saturated rings. The van der Waals surface area contributed by atoms with Crippen LogP contribution in [0.4, 0.5) is 26.3 Å². The van der Waals surface area contributed by atoms with E-state index >= 15 is 0 Å². The van der Waals surface area contributed by atoms with Crippen LogP contribution in [-0.4, -0.2) is 21.4 Å². The third-order valence-corrected chi connectivity index (χ3v) is 6.80. The molecule has 0 bridgehead atoms. The summed E-state index contributed by atoms with van der Waals surface area (Å²) in [7, 11) is -10.4. The number of hydrogen-bond donors (Lipinski definition) is 0. The topological polar surface area (TPSA) is 151 Å². The fourth-order valence-corrected chi connectivity index (χ4v) is 4.75. The zero-order valence-corrected chi connectivity index (χ0v) is 26.7. The van der Waals surface area contributed by atoms with Gasteiger partial charge in [-0.2, -0.15) is 30.7 Å². The van der Waals surface area contributed by atoms with Crippen molar-refractivity contribution in [2.24, 2.45) is 0 Å². The minimum absolute atomic E-state index is 0. The maximum atomic E-state index is 13.1. The van der Waals surface area contributed by atoms with E-state index in [4.69, 9.17) is 0 Å². The molecule has 37 heavy (non-hydrogen) atoms. The average molecular weight is 647 g/mol. The first-order chi connectivity index (χ1) is 16.2. The van der Waals surface area contributed by atoms with Gasteiger partial charge in [-0.05, 0) is 36.4 Å². The van der Waals surface area contributed by atoms with Gasteiger partial charge in [-0.1, -0.05) is 0 Å². The van der Waals surface area contributed by atoms with E-state index in [1.165, 1.54) is 0 Å². The van der Waals surface area contributed by atoms with Crippen LogP contribution in [0.5, 0.6) is 11.5 Å². The summed E-state index contributed by atoms with van der Waals surface area (Å²) < 4.78 is 148. The molecule has 2 aromatic carbocycles. The molecule has 0 radical (unpaired) electrons. The number of hydrogen-bond acceptors (Lipinski definition) is 11. The van der Waals surface area contributed by atoms with E-state index in [1.807, 2.05) is 0 Å². The summed E-state index contributed by atoms with van der Waals surface area (Å²) in [6, 6.07) is -1.93. The van der Waals surface area contributed by atoms with E-state index in [2.05, 4.69) is 18.8 Å². The Bertz CT molecular complexity index is 1400. The zero-order valence-electron chi connectivity index (χ0n) is 18.0. The molecule has 0 amide bonds. The standard InChI is InChI=1S/C16H8F6O10S3.2K/c17-13(18)15(21)29-9-3-1-7(5-11(9)33-32-31-23)34(24,25)8-2-4-10(30-16(22)14(19)20)12(6-8)35(26,27)28;;/h1-6,23H,(H,26,27,28);;/q;2*+1/p-2. The van der Waals surface area contributed by atoms with Gasteiger partial charge in [0.15, 0.2) is 0 Å². The Kier molecular flexibility index (Phi) is 16.2. The molecule has 0 saturated carbocycles. The van der Waals surface area contributed by atoms with E-state index in [0.29, 0.717) is 30.3 Å². The molecule has 2 aromatic rings. The van der Waals surface area contributed by atoms with E-state index in [1.54, 1.807) is 0 Å². The molecule has 0 saturated heterocycles. The van der Waals surface area contributed by atoms with Crippen molar-refractivity contribution in [1.29, 1.82) is 0 Å². The van der Waals surface area contributed by atoms with Crippen molar-refractivity contribution in [3.8, 4) is 11.5 Å². The SMILES string of the molecule is O=S(=O)([O-])c1cc(S(=O)(=O)c2ccc(OC(F)=C(F)F)c(SOO[O-])c2)ccc1OC(F)=C(F)F.[K+].[K+]. The summed E-state index contributed by atoms with van der Waals surface area (Å²) in [6.07, 6.45) is -5.89. The molecule has 0 spiro atoms. The molecule has 2 rings (SSSR count).